The van der Waals surface area contributed by atoms with Crippen molar-refractivity contribution in [2.75, 3.05) is 10.8 Å². The summed E-state index contributed by atoms with van der Waals surface area (Å²) < 4.78 is 28.7. The van der Waals surface area contributed by atoms with Crippen molar-refractivity contribution in [1.29, 1.82) is 0 Å². The summed E-state index contributed by atoms with van der Waals surface area (Å²) in [5.41, 5.74) is 2.01. The first-order valence-corrected chi connectivity index (χ1v) is 15.4. The molecule has 0 aliphatic heterocycles. The lowest BCUT2D eigenvalue weighted by atomic mass is 10.1. The zero-order valence-electron chi connectivity index (χ0n) is 23.1. The van der Waals surface area contributed by atoms with Crippen molar-refractivity contribution in [1.82, 2.24) is 10.2 Å². The fourth-order valence-corrected chi connectivity index (χ4v) is 5.98. The van der Waals surface area contributed by atoms with E-state index in [9.17, 15) is 18.0 Å². The lowest BCUT2D eigenvalue weighted by Crippen LogP contribution is -2.53. The predicted molar refractivity (Wildman–Crippen MR) is 161 cm³/mol. The quantitative estimate of drug-likeness (QED) is 0.266. The Hall–Kier alpha value is -3.07. The number of rotatable bonds is 12. The number of anilines is 1. The molecule has 0 aromatic heterocycles. The van der Waals surface area contributed by atoms with Crippen LogP contribution in [-0.2, 0) is 26.2 Å². The molecule has 0 spiro atoms. The van der Waals surface area contributed by atoms with Gasteiger partial charge in [0.25, 0.3) is 10.0 Å². The molecule has 3 aromatic rings. The van der Waals surface area contributed by atoms with Crippen molar-refractivity contribution in [3.63, 3.8) is 0 Å². The van der Waals surface area contributed by atoms with Crippen LogP contribution in [0.1, 0.15) is 44.7 Å². The molecule has 0 fully saturated rings. The first-order chi connectivity index (χ1) is 19.0. The number of nitrogens with zero attached hydrogens (tertiary/aromatic N) is 2. The second kappa shape index (κ2) is 14.0. The van der Waals surface area contributed by atoms with Crippen LogP contribution < -0.4 is 9.62 Å². The standard InChI is InChI=1S/C30H35Cl2N3O4S/c1-5-22(4)33-30(37)28(6-2)34(19-23-12-10-11-21(3)17-23)29(36)20-35(24-15-16-26(31)27(32)18-24)40(38,39)25-13-8-7-9-14-25/h7-18,22,28H,5-6,19-20H2,1-4H3,(H,33,37). The smallest absolute Gasteiger partial charge is 0.264 e. The van der Waals surface area contributed by atoms with Crippen LogP contribution in [0.25, 0.3) is 0 Å². The summed E-state index contributed by atoms with van der Waals surface area (Å²) in [6.07, 6.45) is 1.08. The summed E-state index contributed by atoms with van der Waals surface area (Å²) in [5, 5.41) is 3.37. The number of hydrogen-bond donors (Lipinski definition) is 1. The van der Waals surface area contributed by atoms with Gasteiger partial charge >= 0.3 is 0 Å². The van der Waals surface area contributed by atoms with E-state index >= 15 is 0 Å². The Morgan fingerprint density at radius 2 is 1.60 bits per heavy atom. The molecule has 40 heavy (non-hydrogen) atoms. The summed E-state index contributed by atoms with van der Waals surface area (Å²) in [6.45, 7) is 7.22. The van der Waals surface area contributed by atoms with Gasteiger partial charge in [-0.3, -0.25) is 13.9 Å². The number of hydrogen-bond acceptors (Lipinski definition) is 4. The van der Waals surface area contributed by atoms with Crippen molar-refractivity contribution in [3.05, 3.63) is 94.0 Å². The molecule has 0 radical (unpaired) electrons. The van der Waals surface area contributed by atoms with E-state index in [-0.39, 0.29) is 39.1 Å². The lowest BCUT2D eigenvalue weighted by molar-refractivity contribution is -0.140. The van der Waals surface area contributed by atoms with E-state index in [1.807, 2.05) is 52.0 Å². The molecule has 0 aliphatic carbocycles. The minimum Gasteiger partial charge on any atom is -0.352 e. The number of nitrogens with one attached hydrogen (secondary N) is 1. The van der Waals surface area contributed by atoms with Crippen molar-refractivity contribution < 1.29 is 18.0 Å². The summed E-state index contributed by atoms with van der Waals surface area (Å²) in [7, 11) is -4.18. The van der Waals surface area contributed by atoms with Gasteiger partial charge in [-0.25, -0.2) is 8.42 Å². The normalized spacial score (nSPS) is 12.8. The Kier molecular flexibility index (Phi) is 11.0. The molecule has 3 aromatic carbocycles. The third-order valence-corrected chi connectivity index (χ3v) is 9.15. The van der Waals surface area contributed by atoms with Gasteiger partial charge in [-0.15, -0.1) is 0 Å². The van der Waals surface area contributed by atoms with Gasteiger partial charge in [-0.2, -0.15) is 0 Å². The van der Waals surface area contributed by atoms with Gasteiger partial charge in [0.2, 0.25) is 11.8 Å². The van der Waals surface area contributed by atoms with Crippen LogP contribution in [0.3, 0.4) is 0 Å². The first-order valence-electron chi connectivity index (χ1n) is 13.2. The molecular weight excluding hydrogens is 569 g/mol. The highest BCUT2D eigenvalue weighted by Gasteiger charge is 2.34. The van der Waals surface area contributed by atoms with Crippen LogP contribution >= 0.6 is 23.2 Å². The maximum absolute atomic E-state index is 14.1. The van der Waals surface area contributed by atoms with Gasteiger partial charge in [0, 0.05) is 12.6 Å². The molecule has 10 heteroatoms. The molecule has 3 rings (SSSR count). The largest absolute Gasteiger partial charge is 0.352 e. The third-order valence-electron chi connectivity index (χ3n) is 6.62. The van der Waals surface area contributed by atoms with E-state index in [4.69, 9.17) is 23.2 Å². The van der Waals surface area contributed by atoms with Crippen LogP contribution in [0.4, 0.5) is 5.69 Å². The second-order valence-corrected chi connectivity index (χ2v) is 12.4. The first kappa shape index (κ1) is 31.5. The molecule has 2 unspecified atom stereocenters. The Bertz CT molecular complexity index is 1430. The van der Waals surface area contributed by atoms with Gasteiger partial charge in [0.15, 0.2) is 0 Å². The van der Waals surface area contributed by atoms with Crippen LogP contribution in [0, 0.1) is 6.92 Å². The molecule has 7 nitrogen and oxygen atoms in total. The van der Waals surface area contributed by atoms with E-state index in [1.54, 1.807) is 18.2 Å². The Balaban J connectivity index is 2.07. The lowest BCUT2D eigenvalue weighted by Gasteiger charge is -2.34. The maximum atomic E-state index is 14.1. The Morgan fingerprint density at radius 1 is 0.900 bits per heavy atom. The second-order valence-electron chi connectivity index (χ2n) is 9.68. The van der Waals surface area contributed by atoms with Gasteiger partial charge < -0.3 is 10.2 Å². The van der Waals surface area contributed by atoms with E-state index in [0.717, 1.165) is 21.9 Å². The average molecular weight is 605 g/mol. The van der Waals surface area contributed by atoms with Crippen LogP contribution in [0.2, 0.25) is 10.0 Å². The van der Waals surface area contributed by atoms with E-state index < -0.39 is 28.5 Å². The van der Waals surface area contributed by atoms with Gasteiger partial charge in [0.05, 0.1) is 20.6 Å². The fourth-order valence-electron chi connectivity index (χ4n) is 4.26. The van der Waals surface area contributed by atoms with Crippen LogP contribution in [0.5, 0.6) is 0 Å². The molecule has 0 aliphatic rings. The number of aryl methyl sites for hydroxylation is 1. The number of amides is 2. The van der Waals surface area contributed by atoms with Crippen molar-refractivity contribution in [2.45, 2.75) is 64.1 Å². The molecule has 1 N–H and O–H groups in total. The van der Waals surface area contributed by atoms with Gasteiger partial charge in [-0.1, -0.05) is 85.1 Å². The van der Waals surface area contributed by atoms with Crippen LogP contribution in [-0.4, -0.2) is 43.8 Å². The van der Waals surface area contributed by atoms with Gasteiger partial charge in [0.1, 0.15) is 12.6 Å². The third kappa shape index (κ3) is 7.77. The van der Waals surface area contributed by atoms with E-state index in [2.05, 4.69) is 5.32 Å². The van der Waals surface area contributed by atoms with Crippen LogP contribution in [0.15, 0.2) is 77.7 Å². The zero-order chi connectivity index (χ0) is 29.4. The number of benzene rings is 3. The molecule has 0 saturated carbocycles. The predicted octanol–water partition coefficient (Wildman–Crippen LogP) is 6.22. The molecule has 0 saturated heterocycles. The minimum atomic E-state index is -4.18. The molecule has 214 valence electrons. The summed E-state index contributed by atoms with van der Waals surface area (Å²) in [6, 6.07) is 19.0. The topological polar surface area (TPSA) is 86.8 Å². The molecule has 2 atom stereocenters. The molecular formula is C30H35Cl2N3O4S. The van der Waals surface area contributed by atoms with Crippen molar-refractivity contribution >= 4 is 50.7 Å². The van der Waals surface area contributed by atoms with Gasteiger partial charge in [-0.05, 0) is 62.6 Å². The monoisotopic (exact) mass is 603 g/mol. The maximum Gasteiger partial charge on any atom is 0.264 e. The SMILES string of the molecule is CCC(C)NC(=O)C(CC)N(Cc1cccc(C)c1)C(=O)CN(c1ccc(Cl)c(Cl)c1)S(=O)(=O)c1ccccc1. The Morgan fingerprint density at radius 3 is 2.20 bits per heavy atom. The van der Waals surface area contributed by atoms with E-state index in [1.165, 1.54) is 35.2 Å². The van der Waals surface area contributed by atoms with Crippen molar-refractivity contribution in [2.24, 2.45) is 0 Å². The number of halogens is 2. The number of carbonyl (C=O) groups excluding carboxylic acids is 2. The average Bonchev–Trinajstić information content (AvgIpc) is 2.93. The summed E-state index contributed by atoms with van der Waals surface area (Å²) in [4.78, 5) is 28.9. The highest BCUT2D eigenvalue weighted by atomic mass is 35.5. The highest BCUT2D eigenvalue weighted by molar-refractivity contribution is 7.92. The highest BCUT2D eigenvalue weighted by Crippen LogP contribution is 2.31. The molecule has 0 bridgehead atoms. The molecule has 0 heterocycles. The fraction of sp³-hybridized carbons (Fsp3) is 0.333. The minimum absolute atomic E-state index is 0.0145. The number of sulfonamides is 1. The Labute approximate surface area is 247 Å². The summed E-state index contributed by atoms with van der Waals surface area (Å²) in [5.74, 6) is -0.817. The molecule has 2 amide bonds. The zero-order valence-corrected chi connectivity index (χ0v) is 25.4. The van der Waals surface area contributed by atoms with E-state index in [0.29, 0.717) is 6.42 Å². The summed E-state index contributed by atoms with van der Waals surface area (Å²) >= 11 is 12.4. The number of carbonyl (C=O) groups is 2. The van der Waals surface area contributed by atoms with Crippen molar-refractivity contribution in [3.8, 4) is 0 Å².